The molecule has 2 atom stereocenters. The predicted octanol–water partition coefficient (Wildman–Crippen LogP) is 1.43. The molecule has 0 aromatic carbocycles. The summed E-state index contributed by atoms with van der Waals surface area (Å²) in [6.45, 7) is 8.87. The van der Waals surface area contributed by atoms with Crippen LogP contribution >= 0.6 is 11.6 Å². The fourth-order valence-electron chi connectivity index (χ4n) is 2.66. The molecule has 4 rings (SSSR count). The van der Waals surface area contributed by atoms with E-state index in [1.807, 2.05) is 27.7 Å². The quantitative estimate of drug-likeness (QED) is 0.532. The van der Waals surface area contributed by atoms with E-state index in [9.17, 15) is 0 Å². The minimum Gasteiger partial charge on any atom is -0.475 e. The molecule has 4 heterocycles. The molecule has 2 fully saturated rings. The number of rotatable bonds is 4. The molecule has 2 aromatic rings. The van der Waals surface area contributed by atoms with Crippen LogP contribution in [0.5, 0.6) is 5.88 Å². The van der Waals surface area contributed by atoms with Crippen LogP contribution in [0.15, 0.2) is 24.5 Å². The average Bonchev–Trinajstić information content (AvgIpc) is 3.27. The van der Waals surface area contributed by atoms with E-state index in [0.29, 0.717) is 30.9 Å². The fourth-order valence-corrected chi connectivity index (χ4v) is 2.81. The van der Waals surface area contributed by atoms with Crippen LogP contribution in [-0.4, -0.2) is 75.3 Å². The van der Waals surface area contributed by atoms with Crippen LogP contribution in [0.3, 0.4) is 0 Å². The third kappa shape index (κ3) is 10.4. The van der Waals surface area contributed by atoms with Gasteiger partial charge in [-0.05, 0) is 33.8 Å². The normalized spacial score (nSPS) is 22.5. The number of anilines is 2. The van der Waals surface area contributed by atoms with Gasteiger partial charge in [0.2, 0.25) is 17.8 Å². The number of nitrogens with two attached hydrogens (primary N) is 2. The van der Waals surface area contributed by atoms with Gasteiger partial charge in [0.05, 0.1) is 19.8 Å². The van der Waals surface area contributed by atoms with E-state index >= 15 is 0 Å². The zero-order valence-corrected chi connectivity index (χ0v) is 19.9. The summed E-state index contributed by atoms with van der Waals surface area (Å²) in [6, 6.07) is 3.22. The van der Waals surface area contributed by atoms with Crippen molar-refractivity contribution in [2.45, 2.75) is 51.5 Å². The molecule has 0 aliphatic carbocycles. The van der Waals surface area contributed by atoms with Gasteiger partial charge in [-0.1, -0.05) is 11.6 Å². The zero-order chi connectivity index (χ0) is 24.5. The largest absolute Gasteiger partial charge is 0.475 e. The first-order valence-electron chi connectivity index (χ1n) is 10.2. The van der Waals surface area contributed by atoms with Crippen molar-refractivity contribution >= 4 is 23.5 Å². The maximum atomic E-state index is 8.59. The lowest BCUT2D eigenvalue weighted by Gasteiger charge is -2.17. The number of aliphatic hydroxyl groups excluding tert-OH is 1. The number of ether oxygens (including phenoxy) is 5. The van der Waals surface area contributed by atoms with Gasteiger partial charge in [0.15, 0.2) is 11.6 Å². The third-order valence-corrected chi connectivity index (χ3v) is 4.25. The van der Waals surface area contributed by atoms with Gasteiger partial charge in [0.25, 0.3) is 0 Å². The van der Waals surface area contributed by atoms with E-state index in [1.54, 1.807) is 18.3 Å². The minimum atomic E-state index is -0.529. The lowest BCUT2D eigenvalue weighted by molar-refractivity contribution is -0.142. The van der Waals surface area contributed by atoms with E-state index in [0.717, 1.165) is 0 Å². The van der Waals surface area contributed by atoms with Gasteiger partial charge in [-0.2, -0.15) is 4.98 Å². The maximum absolute atomic E-state index is 8.59. The summed E-state index contributed by atoms with van der Waals surface area (Å²) < 4.78 is 26.8. The summed E-state index contributed by atoms with van der Waals surface area (Å²) in [7, 11) is 0. The van der Waals surface area contributed by atoms with Crippen molar-refractivity contribution in [1.29, 1.82) is 0 Å². The Balaban J connectivity index is 0.000000192. The van der Waals surface area contributed by atoms with Gasteiger partial charge < -0.3 is 40.3 Å². The molecule has 2 aromatic heterocycles. The Hall–Kier alpha value is -2.35. The van der Waals surface area contributed by atoms with E-state index in [2.05, 4.69) is 19.9 Å². The minimum absolute atomic E-state index is 0.0451. The number of aliphatic hydroxyl groups is 1. The maximum Gasteiger partial charge on any atom is 0.223 e. The Kier molecular flexibility index (Phi) is 9.95. The second-order valence-corrected chi connectivity index (χ2v) is 8.27. The first-order chi connectivity index (χ1) is 15.5. The molecule has 5 N–H and O–H groups in total. The molecule has 0 saturated carbocycles. The number of halogens is 1. The summed E-state index contributed by atoms with van der Waals surface area (Å²) in [5, 5.41) is 8.97. The van der Waals surface area contributed by atoms with Crippen LogP contribution in [-0.2, 0) is 18.9 Å². The van der Waals surface area contributed by atoms with E-state index in [1.165, 1.54) is 6.20 Å². The SMILES string of the molecule is CC1(C)OC[C@H](CO)O1.CC1(C)OC[C@H](COc2ccnc(N)n2)O1.Nc1nccc(Cl)n1. The summed E-state index contributed by atoms with van der Waals surface area (Å²) in [4.78, 5) is 14.9. The van der Waals surface area contributed by atoms with E-state index in [-0.39, 0.29) is 30.7 Å². The highest BCUT2D eigenvalue weighted by atomic mass is 35.5. The van der Waals surface area contributed by atoms with Gasteiger partial charge in [-0.25, -0.2) is 15.0 Å². The van der Waals surface area contributed by atoms with Crippen molar-refractivity contribution in [2.75, 3.05) is 37.9 Å². The monoisotopic (exact) mass is 486 g/mol. The van der Waals surface area contributed by atoms with Gasteiger partial charge in [-0.3, -0.25) is 0 Å². The molecule has 0 bridgehead atoms. The third-order valence-electron chi connectivity index (χ3n) is 4.04. The van der Waals surface area contributed by atoms with Crippen LogP contribution in [0.1, 0.15) is 27.7 Å². The second kappa shape index (κ2) is 12.2. The first kappa shape index (κ1) is 26.9. The van der Waals surface area contributed by atoms with E-state index < -0.39 is 11.6 Å². The fraction of sp³-hybridized carbons (Fsp3) is 0.600. The highest BCUT2D eigenvalue weighted by Crippen LogP contribution is 2.23. The molecule has 33 heavy (non-hydrogen) atoms. The lowest BCUT2D eigenvalue weighted by Crippen LogP contribution is -2.25. The van der Waals surface area contributed by atoms with Crippen LogP contribution in [0.2, 0.25) is 5.15 Å². The molecule has 12 nitrogen and oxygen atoms in total. The number of hydrogen-bond donors (Lipinski definition) is 3. The summed E-state index contributed by atoms with van der Waals surface area (Å²) in [6.07, 6.45) is 2.85. The van der Waals surface area contributed by atoms with Crippen molar-refractivity contribution < 1.29 is 28.8 Å². The Morgan fingerprint density at radius 1 is 0.970 bits per heavy atom. The van der Waals surface area contributed by atoms with Gasteiger partial charge in [-0.15, -0.1) is 0 Å². The van der Waals surface area contributed by atoms with Crippen molar-refractivity contribution in [3.8, 4) is 5.88 Å². The van der Waals surface area contributed by atoms with Crippen LogP contribution in [0, 0.1) is 0 Å². The van der Waals surface area contributed by atoms with Crippen molar-refractivity contribution in [3.63, 3.8) is 0 Å². The summed E-state index contributed by atoms with van der Waals surface area (Å²) in [5.41, 5.74) is 10.6. The number of nitrogens with zero attached hydrogens (tertiary/aromatic N) is 4. The molecule has 184 valence electrons. The van der Waals surface area contributed by atoms with Crippen LogP contribution < -0.4 is 16.2 Å². The Morgan fingerprint density at radius 3 is 1.91 bits per heavy atom. The van der Waals surface area contributed by atoms with E-state index in [4.69, 9.17) is 51.9 Å². The van der Waals surface area contributed by atoms with Crippen LogP contribution in [0.25, 0.3) is 0 Å². The first-order valence-corrected chi connectivity index (χ1v) is 10.6. The molecule has 2 saturated heterocycles. The Labute approximate surface area is 197 Å². The number of nitrogen functional groups attached to an aromatic ring is 2. The lowest BCUT2D eigenvalue weighted by atomic mass is 10.4. The van der Waals surface area contributed by atoms with Crippen LogP contribution in [0.4, 0.5) is 11.9 Å². The van der Waals surface area contributed by atoms with Gasteiger partial charge in [0.1, 0.15) is 24.0 Å². The topological polar surface area (TPSA) is 170 Å². The Morgan fingerprint density at radius 2 is 1.52 bits per heavy atom. The molecular formula is C20H31ClN6O6. The summed E-state index contributed by atoms with van der Waals surface area (Å²) >= 11 is 5.41. The predicted molar refractivity (Wildman–Crippen MR) is 120 cm³/mol. The molecule has 2 aliphatic rings. The molecular weight excluding hydrogens is 456 g/mol. The standard InChI is InChI=1S/C10H15N3O3.C6H12O3.C4H4ClN3/c1-10(2)15-6-7(16-10)5-14-8-3-4-12-9(11)13-8;1-6(2)8-4-5(3-7)9-6;5-3-1-2-7-4(6)8-3/h3-4,7H,5-6H2,1-2H3,(H2,11,12,13);5,7H,3-4H2,1-2H3;1-2H,(H2,6,7,8)/t7-;5-;/m00./s1. The zero-order valence-electron chi connectivity index (χ0n) is 19.1. The van der Waals surface area contributed by atoms with Gasteiger partial charge in [0, 0.05) is 18.5 Å². The second-order valence-electron chi connectivity index (χ2n) is 7.89. The molecule has 0 radical (unpaired) electrons. The number of hydrogen-bond acceptors (Lipinski definition) is 12. The summed E-state index contributed by atoms with van der Waals surface area (Å²) in [5.74, 6) is -0.175. The number of aromatic nitrogens is 4. The van der Waals surface area contributed by atoms with Crippen molar-refractivity contribution in [2.24, 2.45) is 0 Å². The van der Waals surface area contributed by atoms with Crippen molar-refractivity contribution in [3.05, 3.63) is 29.7 Å². The molecule has 0 spiro atoms. The Bertz CT molecular complexity index is 857. The highest BCUT2D eigenvalue weighted by Gasteiger charge is 2.33. The molecule has 0 unspecified atom stereocenters. The molecule has 13 heteroatoms. The van der Waals surface area contributed by atoms with Gasteiger partial charge >= 0.3 is 0 Å². The highest BCUT2D eigenvalue weighted by molar-refractivity contribution is 6.29. The molecule has 2 aliphatic heterocycles. The average molecular weight is 487 g/mol. The smallest absolute Gasteiger partial charge is 0.223 e. The van der Waals surface area contributed by atoms with Crippen molar-refractivity contribution in [1.82, 2.24) is 19.9 Å². The molecule has 0 amide bonds.